The van der Waals surface area contributed by atoms with Gasteiger partial charge in [-0.05, 0) is 25.1 Å². The highest BCUT2D eigenvalue weighted by Gasteiger charge is 2.08. The highest BCUT2D eigenvalue weighted by atomic mass is 35.5. The summed E-state index contributed by atoms with van der Waals surface area (Å²) >= 11 is 7.32. The molecule has 4 nitrogen and oxygen atoms in total. The van der Waals surface area contributed by atoms with Crippen LogP contribution in [0.3, 0.4) is 0 Å². The summed E-state index contributed by atoms with van der Waals surface area (Å²) in [7, 11) is 0. The molecule has 0 saturated heterocycles. The summed E-state index contributed by atoms with van der Waals surface area (Å²) in [5, 5.41) is 3.27. The minimum atomic E-state index is -0.175. The van der Waals surface area contributed by atoms with Crippen molar-refractivity contribution in [2.45, 2.75) is 13.5 Å². The summed E-state index contributed by atoms with van der Waals surface area (Å²) in [5.41, 5.74) is 9.26. The van der Waals surface area contributed by atoms with Crippen LogP contribution in [0.4, 0.5) is 5.69 Å². The fourth-order valence-electron chi connectivity index (χ4n) is 1.44. The van der Waals surface area contributed by atoms with E-state index in [1.807, 2.05) is 6.92 Å². The van der Waals surface area contributed by atoms with Gasteiger partial charge in [0.2, 0.25) is 0 Å². The minimum absolute atomic E-state index is 0.175. The Kier molecular flexibility index (Phi) is 3.84. The van der Waals surface area contributed by atoms with Gasteiger partial charge >= 0.3 is 0 Å². The molecule has 1 aromatic carbocycles. The molecule has 2 rings (SSSR count). The number of anilines is 1. The molecule has 18 heavy (non-hydrogen) atoms. The highest BCUT2D eigenvalue weighted by Crippen LogP contribution is 2.19. The number of carbonyl (C=O) groups is 1. The van der Waals surface area contributed by atoms with Crippen molar-refractivity contribution in [3.63, 3.8) is 0 Å². The molecular weight excluding hydrogens is 270 g/mol. The number of nitrogen functional groups attached to an aromatic ring is 1. The van der Waals surface area contributed by atoms with Gasteiger partial charge in [-0.3, -0.25) is 4.79 Å². The number of rotatable bonds is 3. The molecule has 0 aliphatic carbocycles. The number of thiazole rings is 1. The van der Waals surface area contributed by atoms with Crippen molar-refractivity contribution in [1.82, 2.24) is 10.3 Å². The van der Waals surface area contributed by atoms with Crippen LogP contribution in [0.5, 0.6) is 0 Å². The fraction of sp³-hybridized carbons (Fsp3) is 0.167. The van der Waals surface area contributed by atoms with E-state index < -0.39 is 0 Å². The van der Waals surface area contributed by atoms with Crippen LogP contribution in [0.25, 0.3) is 0 Å². The van der Waals surface area contributed by atoms with E-state index in [4.69, 9.17) is 17.3 Å². The molecule has 0 saturated carbocycles. The third-order valence-corrected chi connectivity index (χ3v) is 3.79. The van der Waals surface area contributed by atoms with Crippen LogP contribution in [-0.2, 0) is 6.54 Å². The molecule has 0 bridgehead atoms. The van der Waals surface area contributed by atoms with E-state index >= 15 is 0 Å². The molecule has 1 aromatic heterocycles. The maximum Gasteiger partial charge on any atom is 0.251 e. The molecule has 0 spiro atoms. The summed E-state index contributed by atoms with van der Waals surface area (Å²) in [6.07, 6.45) is 0. The third kappa shape index (κ3) is 2.80. The second-order valence-electron chi connectivity index (χ2n) is 3.78. The van der Waals surface area contributed by atoms with Gasteiger partial charge in [0.1, 0.15) is 0 Å². The summed E-state index contributed by atoms with van der Waals surface area (Å²) < 4.78 is 0. The zero-order valence-corrected chi connectivity index (χ0v) is 11.3. The van der Waals surface area contributed by atoms with Gasteiger partial charge in [0.25, 0.3) is 5.91 Å². The number of hydrogen-bond acceptors (Lipinski definition) is 4. The standard InChI is InChI=1S/C12H12ClN3OS/c1-7-11(18-6-16-7)5-15-12(17)8-2-3-9(13)10(14)4-8/h2-4,6H,5,14H2,1H3,(H,15,17). The number of carbonyl (C=O) groups excluding carboxylic acids is 1. The molecule has 2 aromatic rings. The first-order valence-corrected chi connectivity index (χ1v) is 6.56. The summed E-state index contributed by atoms with van der Waals surface area (Å²) in [6, 6.07) is 4.83. The molecule has 0 fully saturated rings. The molecule has 0 radical (unpaired) electrons. The van der Waals surface area contributed by atoms with Gasteiger partial charge in [-0.2, -0.15) is 0 Å². The topological polar surface area (TPSA) is 68.0 Å². The number of amides is 1. The zero-order valence-electron chi connectivity index (χ0n) is 9.74. The van der Waals surface area contributed by atoms with Crippen molar-refractivity contribution in [3.05, 3.63) is 44.9 Å². The van der Waals surface area contributed by atoms with Crippen LogP contribution in [-0.4, -0.2) is 10.9 Å². The molecular formula is C12H12ClN3OS. The molecule has 0 atom stereocenters. The van der Waals surface area contributed by atoms with Gasteiger partial charge in [-0.25, -0.2) is 4.98 Å². The highest BCUT2D eigenvalue weighted by molar-refractivity contribution is 7.09. The van der Waals surface area contributed by atoms with Crippen LogP contribution in [0.1, 0.15) is 20.9 Å². The lowest BCUT2D eigenvalue weighted by atomic mass is 10.2. The molecule has 6 heteroatoms. The lowest BCUT2D eigenvalue weighted by Gasteiger charge is -2.05. The van der Waals surface area contributed by atoms with Gasteiger partial charge < -0.3 is 11.1 Å². The van der Waals surface area contributed by atoms with Crippen LogP contribution in [0.2, 0.25) is 5.02 Å². The van der Waals surface area contributed by atoms with Crippen molar-refractivity contribution in [1.29, 1.82) is 0 Å². The van der Waals surface area contributed by atoms with E-state index in [1.54, 1.807) is 23.7 Å². The average molecular weight is 282 g/mol. The number of benzene rings is 1. The van der Waals surface area contributed by atoms with Gasteiger partial charge in [-0.15, -0.1) is 11.3 Å². The Balaban J connectivity index is 2.04. The Morgan fingerprint density at radius 1 is 1.56 bits per heavy atom. The SMILES string of the molecule is Cc1ncsc1CNC(=O)c1ccc(Cl)c(N)c1. The van der Waals surface area contributed by atoms with E-state index in [0.29, 0.717) is 22.8 Å². The maximum atomic E-state index is 11.9. The maximum absolute atomic E-state index is 11.9. The molecule has 3 N–H and O–H groups in total. The van der Waals surface area contributed by atoms with E-state index in [2.05, 4.69) is 10.3 Å². The summed E-state index contributed by atoms with van der Waals surface area (Å²) in [5.74, 6) is -0.175. The van der Waals surface area contributed by atoms with Gasteiger partial charge in [-0.1, -0.05) is 11.6 Å². The van der Waals surface area contributed by atoms with Crippen molar-refractivity contribution >= 4 is 34.5 Å². The average Bonchev–Trinajstić information content (AvgIpc) is 2.75. The molecule has 0 unspecified atom stereocenters. The lowest BCUT2D eigenvalue weighted by molar-refractivity contribution is 0.0951. The number of nitrogens with one attached hydrogen (secondary N) is 1. The number of nitrogens with zero attached hydrogens (tertiary/aromatic N) is 1. The number of nitrogens with two attached hydrogens (primary N) is 1. The predicted octanol–water partition coefficient (Wildman–Crippen LogP) is 2.62. The minimum Gasteiger partial charge on any atom is -0.398 e. The summed E-state index contributed by atoms with van der Waals surface area (Å²) in [6.45, 7) is 2.39. The monoisotopic (exact) mass is 281 g/mol. The summed E-state index contributed by atoms with van der Waals surface area (Å²) in [4.78, 5) is 17.1. The van der Waals surface area contributed by atoms with E-state index in [9.17, 15) is 4.79 Å². The molecule has 0 aliphatic heterocycles. The fourth-order valence-corrected chi connectivity index (χ4v) is 2.28. The number of hydrogen-bond donors (Lipinski definition) is 2. The van der Waals surface area contributed by atoms with Crippen LogP contribution in [0.15, 0.2) is 23.7 Å². The van der Waals surface area contributed by atoms with Crippen molar-refractivity contribution in [2.75, 3.05) is 5.73 Å². The van der Waals surface area contributed by atoms with Crippen LogP contribution >= 0.6 is 22.9 Å². The number of aromatic nitrogens is 1. The second-order valence-corrected chi connectivity index (χ2v) is 5.13. The Labute approximate surface area is 114 Å². The Morgan fingerprint density at radius 2 is 2.33 bits per heavy atom. The van der Waals surface area contributed by atoms with Crippen molar-refractivity contribution in [3.8, 4) is 0 Å². The normalized spacial score (nSPS) is 10.3. The number of aryl methyl sites for hydroxylation is 1. The van der Waals surface area contributed by atoms with Gasteiger partial charge in [0.15, 0.2) is 0 Å². The van der Waals surface area contributed by atoms with E-state index in [0.717, 1.165) is 10.6 Å². The first-order valence-electron chi connectivity index (χ1n) is 5.30. The Hall–Kier alpha value is -1.59. The molecule has 94 valence electrons. The van der Waals surface area contributed by atoms with Crippen molar-refractivity contribution < 1.29 is 4.79 Å². The number of halogens is 1. The van der Waals surface area contributed by atoms with E-state index in [1.165, 1.54) is 11.3 Å². The molecule has 0 aliphatic rings. The Bertz CT molecular complexity index is 582. The Morgan fingerprint density at radius 3 is 2.94 bits per heavy atom. The lowest BCUT2D eigenvalue weighted by Crippen LogP contribution is -2.22. The second kappa shape index (κ2) is 5.37. The zero-order chi connectivity index (χ0) is 13.1. The first-order chi connectivity index (χ1) is 8.58. The third-order valence-electron chi connectivity index (χ3n) is 2.51. The van der Waals surface area contributed by atoms with Crippen molar-refractivity contribution in [2.24, 2.45) is 0 Å². The van der Waals surface area contributed by atoms with E-state index in [-0.39, 0.29) is 5.91 Å². The van der Waals surface area contributed by atoms with Gasteiger partial charge in [0.05, 0.1) is 28.5 Å². The van der Waals surface area contributed by atoms with Crippen LogP contribution < -0.4 is 11.1 Å². The van der Waals surface area contributed by atoms with Gasteiger partial charge in [0, 0.05) is 10.4 Å². The predicted molar refractivity (Wildman–Crippen MR) is 73.9 cm³/mol. The largest absolute Gasteiger partial charge is 0.398 e. The quantitative estimate of drug-likeness (QED) is 0.850. The molecule has 1 heterocycles. The van der Waals surface area contributed by atoms with Crippen LogP contribution in [0, 0.1) is 6.92 Å². The molecule has 1 amide bonds. The first kappa shape index (κ1) is 12.9. The smallest absolute Gasteiger partial charge is 0.251 e.